The fourth-order valence-corrected chi connectivity index (χ4v) is 3.70. The van der Waals surface area contributed by atoms with E-state index in [0.717, 1.165) is 29.5 Å². The summed E-state index contributed by atoms with van der Waals surface area (Å²) < 4.78 is 24.5. The number of halogens is 1. The van der Waals surface area contributed by atoms with Crippen LogP contribution in [0.2, 0.25) is 0 Å². The van der Waals surface area contributed by atoms with Crippen LogP contribution < -0.4 is 10.5 Å². The van der Waals surface area contributed by atoms with Crippen molar-refractivity contribution < 1.29 is 13.7 Å². The van der Waals surface area contributed by atoms with Crippen molar-refractivity contribution in [1.82, 2.24) is 5.16 Å². The Kier molecular flexibility index (Phi) is 5.18. The van der Waals surface area contributed by atoms with Gasteiger partial charge in [0.25, 0.3) is 0 Å². The van der Waals surface area contributed by atoms with E-state index in [4.69, 9.17) is 15.0 Å². The molecule has 0 amide bonds. The maximum atomic E-state index is 13.3. The van der Waals surface area contributed by atoms with E-state index in [2.05, 4.69) is 16.6 Å². The maximum absolute atomic E-state index is 13.3. The summed E-state index contributed by atoms with van der Waals surface area (Å²) in [6.45, 7) is 0.613. The number of aromatic nitrogens is 1. The Morgan fingerprint density at radius 1 is 1.15 bits per heavy atom. The molecule has 4 nitrogen and oxygen atoms in total. The first-order valence-electron chi connectivity index (χ1n) is 8.76. The first kappa shape index (κ1) is 17.7. The highest BCUT2D eigenvalue weighted by Crippen LogP contribution is 2.30. The lowest BCUT2D eigenvalue weighted by Gasteiger charge is -2.11. The molecule has 0 spiro atoms. The second kappa shape index (κ2) is 7.90. The minimum atomic E-state index is -0.329. The van der Waals surface area contributed by atoms with Crippen LogP contribution >= 0.6 is 11.3 Å². The third-order valence-corrected chi connectivity index (χ3v) is 5.16. The lowest BCUT2D eigenvalue weighted by molar-refractivity contribution is 0.302. The van der Waals surface area contributed by atoms with Gasteiger partial charge in [0.1, 0.15) is 17.1 Å². The molecular formula is C21H19FN2O2S. The van der Waals surface area contributed by atoms with E-state index in [1.54, 1.807) is 17.4 Å². The first-order chi connectivity index (χ1) is 13.2. The SMILES string of the molecule is NC(CCCOc1ccc(-c2onc3cc(F)ccc23)cc1)c1ccsc1. The van der Waals surface area contributed by atoms with E-state index in [9.17, 15) is 4.39 Å². The maximum Gasteiger partial charge on any atom is 0.174 e. The number of benzene rings is 2. The predicted octanol–water partition coefficient (Wildman–Crippen LogP) is 5.55. The monoisotopic (exact) mass is 382 g/mol. The second-order valence-corrected chi connectivity index (χ2v) is 7.13. The summed E-state index contributed by atoms with van der Waals surface area (Å²) >= 11 is 1.66. The molecule has 0 fully saturated rings. The Bertz CT molecular complexity index is 1010. The molecule has 2 aromatic carbocycles. The van der Waals surface area contributed by atoms with Gasteiger partial charge < -0.3 is 15.0 Å². The van der Waals surface area contributed by atoms with Crippen LogP contribution in [0.15, 0.2) is 63.8 Å². The van der Waals surface area contributed by atoms with Crippen LogP contribution in [-0.2, 0) is 0 Å². The van der Waals surface area contributed by atoms with E-state index in [1.807, 2.05) is 29.6 Å². The van der Waals surface area contributed by atoms with Crippen LogP contribution in [0.3, 0.4) is 0 Å². The summed E-state index contributed by atoms with van der Waals surface area (Å²) in [5, 5.41) is 8.84. The number of nitrogens with two attached hydrogens (primary N) is 1. The van der Waals surface area contributed by atoms with Gasteiger partial charge >= 0.3 is 0 Å². The van der Waals surface area contributed by atoms with Crippen LogP contribution in [0.4, 0.5) is 4.39 Å². The fourth-order valence-electron chi connectivity index (χ4n) is 2.97. The fraction of sp³-hybridized carbons (Fsp3) is 0.190. The molecule has 4 rings (SSSR count). The summed E-state index contributed by atoms with van der Waals surface area (Å²) in [4.78, 5) is 0. The molecule has 0 aliphatic rings. The highest BCUT2D eigenvalue weighted by atomic mass is 32.1. The molecular weight excluding hydrogens is 363 g/mol. The number of hydrogen-bond donors (Lipinski definition) is 1. The summed E-state index contributed by atoms with van der Waals surface area (Å²) in [5.74, 6) is 1.08. The molecule has 0 aliphatic heterocycles. The Morgan fingerprint density at radius 3 is 2.78 bits per heavy atom. The molecule has 6 heteroatoms. The van der Waals surface area contributed by atoms with Crippen LogP contribution in [0.5, 0.6) is 5.75 Å². The number of nitrogens with zero attached hydrogens (tertiary/aromatic N) is 1. The highest BCUT2D eigenvalue weighted by Gasteiger charge is 2.11. The van der Waals surface area contributed by atoms with E-state index < -0.39 is 0 Å². The van der Waals surface area contributed by atoms with Gasteiger partial charge in [-0.1, -0.05) is 5.16 Å². The Balaban J connectivity index is 1.35. The number of fused-ring (bicyclic) bond motifs is 1. The van der Waals surface area contributed by atoms with Gasteiger partial charge in [-0.05, 0) is 71.6 Å². The standard InChI is InChI=1S/C21H19FN2O2S/c22-16-5-8-18-20(12-16)24-26-21(18)14-3-6-17(7-4-14)25-10-1-2-19(23)15-9-11-27-13-15/h3-9,11-13,19H,1-2,10,23H2. The number of rotatable bonds is 7. The van der Waals surface area contributed by atoms with Crippen LogP contribution in [-0.4, -0.2) is 11.8 Å². The molecule has 1 unspecified atom stereocenters. The minimum absolute atomic E-state index is 0.0618. The van der Waals surface area contributed by atoms with Crippen molar-refractivity contribution in [2.75, 3.05) is 6.61 Å². The lowest BCUT2D eigenvalue weighted by Crippen LogP contribution is -2.10. The van der Waals surface area contributed by atoms with E-state index in [1.165, 1.54) is 17.7 Å². The minimum Gasteiger partial charge on any atom is -0.494 e. The van der Waals surface area contributed by atoms with Gasteiger partial charge in [0.2, 0.25) is 0 Å². The molecule has 0 aliphatic carbocycles. The summed E-state index contributed by atoms with van der Waals surface area (Å²) in [6.07, 6.45) is 1.77. The topological polar surface area (TPSA) is 61.3 Å². The van der Waals surface area contributed by atoms with E-state index >= 15 is 0 Å². The van der Waals surface area contributed by atoms with Crippen LogP contribution in [0.1, 0.15) is 24.4 Å². The first-order valence-corrected chi connectivity index (χ1v) is 9.71. The zero-order chi connectivity index (χ0) is 18.6. The van der Waals surface area contributed by atoms with Crippen LogP contribution in [0.25, 0.3) is 22.2 Å². The Morgan fingerprint density at radius 2 is 2.00 bits per heavy atom. The van der Waals surface area contributed by atoms with Gasteiger partial charge in [0, 0.05) is 23.1 Å². The number of ether oxygens (including phenoxy) is 1. The van der Waals surface area contributed by atoms with E-state index in [-0.39, 0.29) is 11.9 Å². The molecule has 4 aromatic rings. The van der Waals surface area contributed by atoms with Gasteiger partial charge in [0.15, 0.2) is 5.76 Å². The third kappa shape index (κ3) is 4.02. The largest absolute Gasteiger partial charge is 0.494 e. The van der Waals surface area contributed by atoms with Gasteiger partial charge in [-0.15, -0.1) is 0 Å². The molecule has 0 saturated carbocycles. The van der Waals surface area contributed by atoms with E-state index in [0.29, 0.717) is 17.9 Å². The lowest BCUT2D eigenvalue weighted by atomic mass is 10.1. The molecule has 2 aromatic heterocycles. The van der Waals surface area contributed by atoms with Crippen molar-refractivity contribution in [2.45, 2.75) is 18.9 Å². The Hall–Kier alpha value is -2.70. The normalized spacial score (nSPS) is 12.4. The van der Waals surface area contributed by atoms with Crippen molar-refractivity contribution in [3.8, 4) is 17.1 Å². The average Bonchev–Trinajstić information content (AvgIpc) is 3.35. The van der Waals surface area contributed by atoms with Crippen molar-refractivity contribution in [1.29, 1.82) is 0 Å². The molecule has 2 N–H and O–H groups in total. The average molecular weight is 382 g/mol. The zero-order valence-corrected chi connectivity index (χ0v) is 15.4. The van der Waals surface area contributed by atoms with Gasteiger partial charge in [-0.25, -0.2) is 4.39 Å². The molecule has 27 heavy (non-hydrogen) atoms. The molecule has 2 heterocycles. The number of thiophene rings is 1. The van der Waals surface area contributed by atoms with Crippen molar-refractivity contribution in [3.63, 3.8) is 0 Å². The van der Waals surface area contributed by atoms with Crippen molar-refractivity contribution >= 4 is 22.2 Å². The summed E-state index contributed by atoms with van der Waals surface area (Å²) in [5.41, 5.74) is 8.72. The summed E-state index contributed by atoms with van der Waals surface area (Å²) in [6, 6.07) is 14.2. The molecule has 0 radical (unpaired) electrons. The smallest absolute Gasteiger partial charge is 0.174 e. The zero-order valence-electron chi connectivity index (χ0n) is 14.6. The molecule has 1 atom stereocenters. The second-order valence-electron chi connectivity index (χ2n) is 6.35. The van der Waals surface area contributed by atoms with Crippen LogP contribution in [0, 0.1) is 5.82 Å². The number of hydrogen-bond acceptors (Lipinski definition) is 5. The highest BCUT2D eigenvalue weighted by molar-refractivity contribution is 7.07. The third-order valence-electron chi connectivity index (χ3n) is 4.46. The Labute approximate surface area is 160 Å². The molecule has 0 saturated heterocycles. The summed E-state index contributed by atoms with van der Waals surface area (Å²) in [7, 11) is 0. The van der Waals surface area contributed by atoms with Crippen molar-refractivity contribution in [3.05, 3.63) is 70.7 Å². The quantitative estimate of drug-likeness (QED) is 0.425. The van der Waals surface area contributed by atoms with Gasteiger partial charge in [0.05, 0.1) is 6.61 Å². The van der Waals surface area contributed by atoms with Crippen molar-refractivity contribution in [2.24, 2.45) is 5.73 Å². The van der Waals surface area contributed by atoms with Gasteiger partial charge in [-0.2, -0.15) is 11.3 Å². The predicted molar refractivity (Wildman–Crippen MR) is 105 cm³/mol. The van der Waals surface area contributed by atoms with Gasteiger partial charge in [-0.3, -0.25) is 0 Å². The molecule has 0 bridgehead atoms. The molecule has 138 valence electrons.